The number of allylic oxidation sites excluding steroid dienone is 1. The third-order valence-corrected chi connectivity index (χ3v) is 2.30. The summed E-state index contributed by atoms with van der Waals surface area (Å²) in [6.07, 6.45) is 3.83. The van der Waals surface area contributed by atoms with Crippen molar-refractivity contribution in [2.24, 2.45) is 0 Å². The van der Waals surface area contributed by atoms with Crippen LogP contribution < -0.4 is 18.9 Å². The van der Waals surface area contributed by atoms with Crippen LogP contribution in [0.2, 0.25) is 0 Å². The van der Waals surface area contributed by atoms with Crippen LogP contribution >= 0.6 is 11.8 Å². The van der Waals surface area contributed by atoms with Crippen molar-refractivity contribution >= 4 is 11.8 Å². The number of hydrogen-bond acceptors (Lipinski definition) is 1. The minimum absolute atomic E-state index is 0. The Hall–Kier alpha value is -0.0926. The summed E-state index contributed by atoms with van der Waals surface area (Å²) in [7, 11) is 0. The SMILES string of the molecule is C=[C-]CCSc1ccccc1.[Li+]. The fourth-order valence-corrected chi connectivity index (χ4v) is 1.59. The first-order valence-corrected chi connectivity index (χ1v) is 4.60. The van der Waals surface area contributed by atoms with E-state index in [0.29, 0.717) is 0 Å². The van der Waals surface area contributed by atoms with Gasteiger partial charge >= 0.3 is 18.9 Å². The van der Waals surface area contributed by atoms with Gasteiger partial charge < -0.3 is 6.08 Å². The van der Waals surface area contributed by atoms with Crippen LogP contribution in [0.3, 0.4) is 0 Å². The fraction of sp³-hybridized carbons (Fsp3) is 0.200. The normalized spacial score (nSPS) is 8.67. The van der Waals surface area contributed by atoms with Crippen molar-refractivity contribution in [3.8, 4) is 0 Å². The van der Waals surface area contributed by atoms with Gasteiger partial charge in [0.25, 0.3) is 0 Å². The molecule has 58 valence electrons. The maximum atomic E-state index is 3.55. The molecule has 0 nitrogen and oxygen atoms in total. The van der Waals surface area contributed by atoms with E-state index in [4.69, 9.17) is 0 Å². The van der Waals surface area contributed by atoms with E-state index in [1.807, 2.05) is 17.8 Å². The summed E-state index contributed by atoms with van der Waals surface area (Å²) in [6.45, 7) is 3.55. The molecular formula is C10H11LiS. The third-order valence-electron chi connectivity index (χ3n) is 1.29. The molecule has 0 saturated heterocycles. The fourth-order valence-electron chi connectivity index (χ4n) is 0.758. The molecule has 0 radical (unpaired) electrons. The maximum absolute atomic E-state index is 3.55. The van der Waals surface area contributed by atoms with E-state index < -0.39 is 0 Å². The van der Waals surface area contributed by atoms with Crippen LogP contribution in [0.15, 0.2) is 41.8 Å². The summed E-state index contributed by atoms with van der Waals surface area (Å²) in [5, 5.41) is 0. The Balaban J connectivity index is 0.00000121. The smallest absolute Gasteiger partial charge is 0.503 e. The van der Waals surface area contributed by atoms with Crippen molar-refractivity contribution in [3.63, 3.8) is 0 Å². The molecule has 0 unspecified atom stereocenters. The second kappa shape index (κ2) is 7.55. The van der Waals surface area contributed by atoms with Crippen molar-refractivity contribution in [2.75, 3.05) is 5.75 Å². The summed E-state index contributed by atoms with van der Waals surface area (Å²) in [5.74, 6) is 1.08. The van der Waals surface area contributed by atoms with Gasteiger partial charge in [0.2, 0.25) is 0 Å². The number of benzene rings is 1. The quantitative estimate of drug-likeness (QED) is 0.268. The molecule has 0 spiro atoms. The Kier molecular flexibility index (Phi) is 7.49. The zero-order valence-electron chi connectivity index (χ0n) is 7.42. The predicted molar refractivity (Wildman–Crippen MR) is 50.7 cm³/mol. The number of hydrogen-bond donors (Lipinski definition) is 0. The van der Waals surface area contributed by atoms with Crippen LogP contribution in [0.4, 0.5) is 0 Å². The average molecular weight is 170 g/mol. The molecule has 12 heavy (non-hydrogen) atoms. The van der Waals surface area contributed by atoms with Crippen LogP contribution in [0.5, 0.6) is 0 Å². The molecule has 1 aromatic rings. The molecule has 0 aliphatic heterocycles. The predicted octanol–water partition coefficient (Wildman–Crippen LogP) is 0.162. The Bertz CT molecular complexity index is 208. The monoisotopic (exact) mass is 170 g/mol. The molecule has 0 N–H and O–H groups in total. The average Bonchev–Trinajstić information content (AvgIpc) is 2.07. The summed E-state index contributed by atoms with van der Waals surface area (Å²) in [6, 6.07) is 10.4. The Labute approximate surface area is 90.6 Å². The van der Waals surface area contributed by atoms with E-state index >= 15 is 0 Å². The second-order valence-electron chi connectivity index (χ2n) is 2.16. The Morgan fingerprint density at radius 2 is 1.92 bits per heavy atom. The van der Waals surface area contributed by atoms with E-state index in [2.05, 4.69) is 36.9 Å². The minimum Gasteiger partial charge on any atom is -0.503 e. The molecule has 0 aliphatic carbocycles. The van der Waals surface area contributed by atoms with Gasteiger partial charge in [-0.2, -0.15) is 6.42 Å². The molecule has 0 aromatic heterocycles. The van der Waals surface area contributed by atoms with Gasteiger partial charge in [0.15, 0.2) is 0 Å². The van der Waals surface area contributed by atoms with Crippen molar-refractivity contribution in [2.45, 2.75) is 11.3 Å². The van der Waals surface area contributed by atoms with E-state index in [1.54, 1.807) is 0 Å². The summed E-state index contributed by atoms with van der Waals surface area (Å²) < 4.78 is 0. The maximum Gasteiger partial charge on any atom is 1.00 e. The van der Waals surface area contributed by atoms with E-state index in [9.17, 15) is 0 Å². The molecule has 0 atom stereocenters. The van der Waals surface area contributed by atoms with Crippen LogP contribution in [0.1, 0.15) is 6.42 Å². The molecule has 2 heteroatoms. The van der Waals surface area contributed by atoms with E-state index in [0.717, 1.165) is 12.2 Å². The van der Waals surface area contributed by atoms with E-state index in [-0.39, 0.29) is 18.9 Å². The molecular weight excluding hydrogens is 159 g/mol. The van der Waals surface area contributed by atoms with Crippen LogP contribution in [-0.2, 0) is 0 Å². The molecule has 0 fully saturated rings. The molecule has 0 heterocycles. The van der Waals surface area contributed by atoms with Gasteiger partial charge in [-0.05, 0) is 17.9 Å². The minimum atomic E-state index is 0. The van der Waals surface area contributed by atoms with E-state index in [1.165, 1.54) is 4.90 Å². The van der Waals surface area contributed by atoms with Gasteiger partial charge in [-0.3, -0.25) is 6.58 Å². The topological polar surface area (TPSA) is 0 Å². The third kappa shape index (κ3) is 4.72. The largest absolute Gasteiger partial charge is 1.00 e. The molecule has 0 aliphatic rings. The van der Waals surface area contributed by atoms with Gasteiger partial charge in [-0.15, -0.1) is 11.8 Å². The van der Waals surface area contributed by atoms with Crippen LogP contribution in [-0.4, -0.2) is 5.75 Å². The van der Waals surface area contributed by atoms with Gasteiger partial charge in [0.1, 0.15) is 0 Å². The first-order valence-electron chi connectivity index (χ1n) is 3.61. The van der Waals surface area contributed by atoms with Crippen molar-refractivity contribution < 1.29 is 18.9 Å². The van der Waals surface area contributed by atoms with Gasteiger partial charge in [-0.25, -0.2) is 0 Å². The van der Waals surface area contributed by atoms with Crippen LogP contribution in [0, 0.1) is 6.08 Å². The van der Waals surface area contributed by atoms with Gasteiger partial charge in [-0.1, -0.05) is 18.2 Å². The van der Waals surface area contributed by atoms with Gasteiger partial charge in [0.05, 0.1) is 0 Å². The molecule has 1 rings (SSSR count). The first-order chi connectivity index (χ1) is 5.43. The van der Waals surface area contributed by atoms with Crippen molar-refractivity contribution in [1.29, 1.82) is 0 Å². The summed E-state index contributed by atoms with van der Waals surface area (Å²) in [5.41, 5.74) is 0. The molecule has 0 amide bonds. The Morgan fingerprint density at radius 3 is 2.50 bits per heavy atom. The number of thioether (sulfide) groups is 1. The molecule has 1 aromatic carbocycles. The summed E-state index contributed by atoms with van der Waals surface area (Å²) >= 11 is 1.84. The second-order valence-corrected chi connectivity index (χ2v) is 3.33. The van der Waals surface area contributed by atoms with Crippen molar-refractivity contribution in [1.82, 2.24) is 0 Å². The molecule has 0 bridgehead atoms. The summed E-state index contributed by atoms with van der Waals surface area (Å²) in [4.78, 5) is 1.32. The zero-order chi connectivity index (χ0) is 7.94. The Morgan fingerprint density at radius 1 is 1.25 bits per heavy atom. The van der Waals surface area contributed by atoms with Crippen molar-refractivity contribution in [3.05, 3.63) is 43.0 Å². The first kappa shape index (κ1) is 11.9. The number of rotatable bonds is 4. The van der Waals surface area contributed by atoms with Gasteiger partial charge in [0, 0.05) is 4.90 Å². The zero-order valence-corrected chi connectivity index (χ0v) is 8.23. The standard InChI is InChI=1S/C10H11S.Li/c1-2-3-9-11-10-7-5-4-6-8-10;/h4-8H,1,3,9H2;/q-1;+1. The van der Waals surface area contributed by atoms with Crippen LogP contribution in [0.25, 0.3) is 0 Å². The molecule has 0 saturated carbocycles.